The molecule has 0 spiro atoms. The fourth-order valence-electron chi connectivity index (χ4n) is 2.00. The lowest BCUT2D eigenvalue weighted by molar-refractivity contribution is 1.39. The van der Waals surface area contributed by atoms with E-state index in [9.17, 15) is 0 Å². The molecule has 0 saturated heterocycles. The number of pyridine rings is 1. The Balaban J connectivity index is 2.31. The van der Waals surface area contributed by atoms with Crippen LogP contribution in [0.2, 0.25) is 10.0 Å². The second-order valence-corrected chi connectivity index (χ2v) is 5.84. The first kappa shape index (κ1) is 12.9. The third-order valence-corrected chi connectivity index (χ3v) is 3.99. The smallest absolute Gasteiger partial charge is 0.0750 e. The molecule has 0 saturated carbocycles. The Kier molecular flexibility index (Phi) is 3.48. The van der Waals surface area contributed by atoms with E-state index in [0.717, 1.165) is 26.6 Å². The molecule has 94 valence electrons. The first-order valence-corrected chi connectivity index (χ1v) is 7.21. The molecular weight excluding hydrogens is 345 g/mol. The summed E-state index contributed by atoms with van der Waals surface area (Å²) < 4.78 is 0.915. The van der Waals surface area contributed by atoms with Crippen molar-refractivity contribution in [2.24, 2.45) is 0 Å². The molecule has 0 N–H and O–H groups in total. The highest BCUT2D eigenvalue weighted by Gasteiger charge is 2.10. The zero-order chi connectivity index (χ0) is 13.4. The van der Waals surface area contributed by atoms with Crippen molar-refractivity contribution < 1.29 is 0 Å². The molecule has 0 aliphatic rings. The lowest BCUT2D eigenvalue weighted by Crippen LogP contribution is -1.88. The number of rotatable bonds is 1. The van der Waals surface area contributed by atoms with E-state index in [2.05, 4.69) is 20.9 Å². The maximum absolute atomic E-state index is 6.21. The molecule has 1 nitrogen and oxygen atoms in total. The van der Waals surface area contributed by atoms with E-state index in [0.29, 0.717) is 10.0 Å². The van der Waals surface area contributed by atoms with E-state index in [1.807, 2.05) is 42.5 Å². The largest absolute Gasteiger partial charge is 0.248 e. The second-order valence-electron chi connectivity index (χ2n) is 4.14. The predicted molar refractivity (Wildman–Crippen MR) is 84.9 cm³/mol. The molecule has 0 atom stereocenters. The van der Waals surface area contributed by atoms with E-state index >= 15 is 0 Å². The average molecular weight is 353 g/mol. The van der Waals surface area contributed by atoms with Crippen LogP contribution >= 0.6 is 39.1 Å². The highest BCUT2D eigenvalue weighted by molar-refractivity contribution is 9.10. The Morgan fingerprint density at radius 3 is 2.42 bits per heavy atom. The van der Waals surface area contributed by atoms with Crippen LogP contribution in [0, 0.1) is 0 Å². The van der Waals surface area contributed by atoms with Gasteiger partial charge in [0, 0.05) is 20.4 Å². The van der Waals surface area contributed by atoms with E-state index in [1.165, 1.54) is 0 Å². The first-order chi connectivity index (χ1) is 9.15. The zero-order valence-electron chi connectivity index (χ0n) is 9.70. The van der Waals surface area contributed by atoms with Crippen molar-refractivity contribution in [3.63, 3.8) is 0 Å². The van der Waals surface area contributed by atoms with Crippen LogP contribution in [-0.4, -0.2) is 4.98 Å². The third-order valence-electron chi connectivity index (χ3n) is 2.85. The second kappa shape index (κ2) is 5.12. The summed E-state index contributed by atoms with van der Waals surface area (Å²) in [5.41, 5.74) is 2.73. The van der Waals surface area contributed by atoms with Gasteiger partial charge in [-0.25, -0.2) is 4.98 Å². The van der Waals surface area contributed by atoms with Crippen molar-refractivity contribution >= 4 is 50.0 Å². The van der Waals surface area contributed by atoms with Gasteiger partial charge in [-0.1, -0.05) is 53.5 Å². The van der Waals surface area contributed by atoms with Gasteiger partial charge >= 0.3 is 0 Å². The zero-order valence-corrected chi connectivity index (χ0v) is 12.8. The summed E-state index contributed by atoms with van der Waals surface area (Å²) in [4.78, 5) is 4.63. The summed E-state index contributed by atoms with van der Waals surface area (Å²) in [6, 6.07) is 15.5. The number of nitrogens with zero attached hydrogens (tertiary/aromatic N) is 1. The molecule has 0 aliphatic carbocycles. The summed E-state index contributed by atoms with van der Waals surface area (Å²) >= 11 is 15.8. The SMILES string of the molecule is Clc1cc(Cl)c2c(Br)cc(-c3ccccc3)nc2c1. The number of hydrogen-bond acceptors (Lipinski definition) is 1. The van der Waals surface area contributed by atoms with E-state index in [4.69, 9.17) is 23.2 Å². The molecule has 0 unspecified atom stereocenters. The molecular formula is C15H8BrCl2N. The van der Waals surface area contributed by atoms with Crippen molar-refractivity contribution in [3.05, 3.63) is 63.0 Å². The van der Waals surface area contributed by atoms with Crippen LogP contribution in [0.4, 0.5) is 0 Å². The van der Waals surface area contributed by atoms with Gasteiger partial charge in [-0.05, 0) is 34.1 Å². The highest BCUT2D eigenvalue weighted by Crippen LogP contribution is 2.34. The van der Waals surface area contributed by atoms with Crippen LogP contribution in [0.25, 0.3) is 22.2 Å². The quantitative estimate of drug-likeness (QED) is 0.525. The minimum atomic E-state index is 0.585. The lowest BCUT2D eigenvalue weighted by atomic mass is 10.1. The average Bonchev–Trinajstić information content (AvgIpc) is 2.38. The third kappa shape index (κ3) is 2.48. The molecule has 4 heteroatoms. The molecule has 1 aromatic heterocycles. The van der Waals surface area contributed by atoms with Gasteiger partial charge < -0.3 is 0 Å². The molecule has 2 aromatic carbocycles. The predicted octanol–water partition coefficient (Wildman–Crippen LogP) is 5.97. The van der Waals surface area contributed by atoms with E-state index in [1.54, 1.807) is 6.07 Å². The monoisotopic (exact) mass is 351 g/mol. The Labute approximate surface area is 129 Å². The Morgan fingerprint density at radius 2 is 1.68 bits per heavy atom. The standard InChI is InChI=1S/C15H8BrCl2N/c16-11-8-13(9-4-2-1-3-5-9)19-14-7-10(17)6-12(18)15(11)14/h1-8H. The maximum Gasteiger partial charge on any atom is 0.0750 e. The number of fused-ring (bicyclic) bond motifs is 1. The minimum absolute atomic E-state index is 0.585. The van der Waals surface area contributed by atoms with Gasteiger partial charge in [0.15, 0.2) is 0 Å². The molecule has 0 amide bonds. The van der Waals surface area contributed by atoms with Crippen LogP contribution in [0.1, 0.15) is 0 Å². The number of hydrogen-bond donors (Lipinski definition) is 0. The molecule has 1 heterocycles. The maximum atomic E-state index is 6.21. The molecule has 19 heavy (non-hydrogen) atoms. The minimum Gasteiger partial charge on any atom is -0.248 e. The summed E-state index contributed by atoms with van der Waals surface area (Å²) in [5.74, 6) is 0. The van der Waals surface area contributed by atoms with Crippen molar-refractivity contribution in [1.82, 2.24) is 4.98 Å². The molecule has 0 radical (unpaired) electrons. The summed E-state index contributed by atoms with van der Waals surface area (Å²) in [6.07, 6.45) is 0. The molecule has 3 rings (SSSR count). The van der Waals surface area contributed by atoms with Crippen molar-refractivity contribution in [2.45, 2.75) is 0 Å². The fraction of sp³-hybridized carbons (Fsp3) is 0. The van der Waals surface area contributed by atoms with Gasteiger partial charge in [-0.3, -0.25) is 0 Å². The Bertz CT molecular complexity index is 757. The van der Waals surface area contributed by atoms with Crippen LogP contribution in [0.5, 0.6) is 0 Å². The van der Waals surface area contributed by atoms with Crippen molar-refractivity contribution in [1.29, 1.82) is 0 Å². The molecule has 0 fully saturated rings. The Hall–Kier alpha value is -1.09. The van der Waals surface area contributed by atoms with Crippen LogP contribution in [0.15, 0.2) is 53.0 Å². The van der Waals surface area contributed by atoms with Gasteiger partial charge in [-0.15, -0.1) is 0 Å². The number of benzene rings is 2. The summed E-state index contributed by atoms with van der Waals surface area (Å²) in [7, 11) is 0. The highest BCUT2D eigenvalue weighted by atomic mass is 79.9. The van der Waals surface area contributed by atoms with Gasteiger partial charge in [0.25, 0.3) is 0 Å². The Morgan fingerprint density at radius 1 is 0.947 bits per heavy atom. The first-order valence-electron chi connectivity index (χ1n) is 5.66. The number of halogens is 3. The van der Waals surface area contributed by atoms with Crippen LogP contribution < -0.4 is 0 Å². The molecule has 3 aromatic rings. The van der Waals surface area contributed by atoms with Crippen molar-refractivity contribution in [3.8, 4) is 11.3 Å². The van der Waals surface area contributed by atoms with Gasteiger partial charge in [-0.2, -0.15) is 0 Å². The van der Waals surface area contributed by atoms with Gasteiger partial charge in [0.05, 0.1) is 16.2 Å². The summed E-state index contributed by atoms with van der Waals surface area (Å²) in [5, 5.41) is 2.06. The molecule has 0 aliphatic heterocycles. The van der Waals surface area contributed by atoms with E-state index < -0.39 is 0 Å². The van der Waals surface area contributed by atoms with Crippen molar-refractivity contribution in [2.75, 3.05) is 0 Å². The van der Waals surface area contributed by atoms with Gasteiger partial charge in [0.1, 0.15) is 0 Å². The van der Waals surface area contributed by atoms with Crippen LogP contribution in [-0.2, 0) is 0 Å². The fourth-order valence-corrected chi connectivity index (χ4v) is 3.33. The number of aromatic nitrogens is 1. The lowest BCUT2D eigenvalue weighted by Gasteiger charge is -2.07. The van der Waals surface area contributed by atoms with E-state index in [-0.39, 0.29) is 0 Å². The van der Waals surface area contributed by atoms with Crippen LogP contribution in [0.3, 0.4) is 0 Å². The topological polar surface area (TPSA) is 12.9 Å². The molecule has 0 bridgehead atoms. The normalized spacial score (nSPS) is 10.9. The van der Waals surface area contributed by atoms with Gasteiger partial charge in [0.2, 0.25) is 0 Å². The summed E-state index contributed by atoms with van der Waals surface area (Å²) in [6.45, 7) is 0.